The summed E-state index contributed by atoms with van der Waals surface area (Å²) in [5.74, 6) is 2.06. The van der Waals surface area contributed by atoms with E-state index in [1.165, 1.54) is 29.5 Å². The summed E-state index contributed by atoms with van der Waals surface area (Å²) in [4.78, 5) is 8.06. The molecule has 1 fully saturated rings. The fourth-order valence-corrected chi connectivity index (χ4v) is 2.01. The van der Waals surface area contributed by atoms with Crippen LogP contribution in [0, 0.1) is 19.8 Å². The number of fused-ring (bicyclic) bond motifs is 1. The minimum absolute atomic E-state index is 0.896. The van der Waals surface area contributed by atoms with E-state index >= 15 is 0 Å². The van der Waals surface area contributed by atoms with Gasteiger partial charge in [-0.2, -0.15) is 0 Å². The average Bonchev–Trinajstić information content (AvgIpc) is 2.89. The molecule has 15 heavy (non-hydrogen) atoms. The summed E-state index contributed by atoms with van der Waals surface area (Å²) in [6.07, 6.45) is 3.90. The van der Waals surface area contributed by atoms with E-state index in [0.29, 0.717) is 0 Å². The first-order chi connectivity index (χ1) is 7.22. The van der Waals surface area contributed by atoms with Gasteiger partial charge in [-0.1, -0.05) is 0 Å². The highest BCUT2D eigenvalue weighted by molar-refractivity contribution is 5.77. The number of benzene rings is 1. The zero-order valence-electron chi connectivity index (χ0n) is 9.30. The summed E-state index contributed by atoms with van der Waals surface area (Å²) in [6.45, 7) is 4.29. The minimum atomic E-state index is 0.896. The molecule has 1 aliphatic carbocycles. The van der Waals surface area contributed by atoms with Crippen molar-refractivity contribution in [3.8, 4) is 0 Å². The lowest BCUT2D eigenvalue weighted by atomic mass is 10.1. The van der Waals surface area contributed by atoms with Gasteiger partial charge in [0.25, 0.3) is 0 Å². The molecule has 0 saturated heterocycles. The zero-order valence-corrected chi connectivity index (χ0v) is 9.30. The Morgan fingerprint density at radius 3 is 2.73 bits per heavy atom. The van der Waals surface area contributed by atoms with Crippen molar-refractivity contribution in [2.75, 3.05) is 0 Å². The van der Waals surface area contributed by atoms with E-state index in [1.54, 1.807) is 0 Å². The van der Waals surface area contributed by atoms with Crippen molar-refractivity contribution in [1.29, 1.82) is 0 Å². The standard InChI is InChI=1S/C13H16N2/c1-8-5-11-12(6-9(8)2)15-13(14-11)7-10-3-4-10/h5-6,10H,3-4,7H2,1-2H3,(H,14,15). The molecular weight excluding hydrogens is 184 g/mol. The van der Waals surface area contributed by atoms with Gasteiger partial charge in [-0.05, 0) is 55.9 Å². The first-order valence-corrected chi connectivity index (χ1v) is 5.68. The Morgan fingerprint density at radius 2 is 2.00 bits per heavy atom. The zero-order chi connectivity index (χ0) is 10.4. The molecule has 2 nitrogen and oxygen atoms in total. The van der Waals surface area contributed by atoms with Crippen molar-refractivity contribution >= 4 is 11.0 Å². The van der Waals surface area contributed by atoms with Crippen LogP contribution in [-0.4, -0.2) is 9.97 Å². The molecule has 1 N–H and O–H groups in total. The highest BCUT2D eigenvalue weighted by Gasteiger charge is 2.22. The molecule has 78 valence electrons. The maximum Gasteiger partial charge on any atom is 0.107 e. The molecule has 0 atom stereocenters. The summed E-state index contributed by atoms with van der Waals surface area (Å²) < 4.78 is 0. The van der Waals surface area contributed by atoms with Crippen LogP contribution in [0.4, 0.5) is 0 Å². The molecule has 2 aromatic rings. The lowest BCUT2D eigenvalue weighted by Gasteiger charge is -1.97. The van der Waals surface area contributed by atoms with Crippen LogP contribution in [0.15, 0.2) is 12.1 Å². The van der Waals surface area contributed by atoms with Crippen LogP contribution in [0.2, 0.25) is 0 Å². The lowest BCUT2D eigenvalue weighted by Crippen LogP contribution is -1.88. The molecule has 0 spiro atoms. The van der Waals surface area contributed by atoms with E-state index < -0.39 is 0 Å². The van der Waals surface area contributed by atoms with Crippen molar-refractivity contribution in [3.05, 3.63) is 29.1 Å². The Kier molecular flexibility index (Phi) is 1.84. The van der Waals surface area contributed by atoms with E-state index in [4.69, 9.17) is 0 Å². The van der Waals surface area contributed by atoms with E-state index in [-0.39, 0.29) is 0 Å². The first kappa shape index (κ1) is 8.96. The molecule has 0 radical (unpaired) electrons. The fraction of sp³-hybridized carbons (Fsp3) is 0.462. The fourth-order valence-electron chi connectivity index (χ4n) is 2.01. The summed E-state index contributed by atoms with van der Waals surface area (Å²) >= 11 is 0. The van der Waals surface area contributed by atoms with Gasteiger partial charge in [-0.15, -0.1) is 0 Å². The second kappa shape index (κ2) is 3.09. The number of aryl methyl sites for hydroxylation is 2. The van der Waals surface area contributed by atoms with Crippen molar-refractivity contribution in [1.82, 2.24) is 9.97 Å². The molecule has 1 aromatic carbocycles. The molecule has 0 unspecified atom stereocenters. The molecular formula is C13H16N2. The van der Waals surface area contributed by atoms with Gasteiger partial charge in [0.15, 0.2) is 0 Å². The highest BCUT2D eigenvalue weighted by Crippen LogP contribution is 2.32. The van der Waals surface area contributed by atoms with Gasteiger partial charge in [0.05, 0.1) is 11.0 Å². The monoisotopic (exact) mass is 200 g/mol. The third-order valence-electron chi connectivity index (χ3n) is 3.33. The van der Waals surface area contributed by atoms with Gasteiger partial charge in [-0.3, -0.25) is 0 Å². The summed E-state index contributed by atoms with van der Waals surface area (Å²) in [6, 6.07) is 4.38. The second-order valence-corrected chi connectivity index (χ2v) is 4.78. The largest absolute Gasteiger partial charge is 0.342 e. The van der Waals surface area contributed by atoms with Crippen LogP contribution in [0.25, 0.3) is 11.0 Å². The number of nitrogens with zero attached hydrogens (tertiary/aromatic N) is 1. The average molecular weight is 200 g/mol. The minimum Gasteiger partial charge on any atom is -0.342 e. The number of H-pyrrole nitrogens is 1. The number of nitrogens with one attached hydrogen (secondary N) is 1. The van der Waals surface area contributed by atoms with Gasteiger partial charge >= 0.3 is 0 Å². The van der Waals surface area contributed by atoms with E-state index in [9.17, 15) is 0 Å². The van der Waals surface area contributed by atoms with Gasteiger partial charge < -0.3 is 4.98 Å². The van der Waals surface area contributed by atoms with E-state index in [2.05, 4.69) is 35.9 Å². The van der Waals surface area contributed by atoms with E-state index in [0.717, 1.165) is 23.7 Å². The predicted molar refractivity (Wildman–Crippen MR) is 62.0 cm³/mol. The molecule has 1 aromatic heterocycles. The maximum absolute atomic E-state index is 4.64. The summed E-state index contributed by atoms with van der Waals surface area (Å²) in [7, 11) is 0. The quantitative estimate of drug-likeness (QED) is 0.792. The summed E-state index contributed by atoms with van der Waals surface area (Å²) in [5.41, 5.74) is 4.97. The van der Waals surface area contributed by atoms with Gasteiger partial charge in [-0.25, -0.2) is 4.98 Å². The number of imidazole rings is 1. The van der Waals surface area contributed by atoms with E-state index in [1.807, 2.05) is 0 Å². The normalized spacial score (nSPS) is 16.1. The van der Waals surface area contributed by atoms with Crippen molar-refractivity contribution in [3.63, 3.8) is 0 Å². The molecule has 0 amide bonds. The molecule has 0 aliphatic heterocycles. The maximum atomic E-state index is 4.64. The molecule has 3 rings (SSSR count). The molecule has 0 bridgehead atoms. The topological polar surface area (TPSA) is 28.7 Å². The highest BCUT2D eigenvalue weighted by atomic mass is 14.9. The Hall–Kier alpha value is -1.31. The number of hydrogen-bond acceptors (Lipinski definition) is 1. The van der Waals surface area contributed by atoms with Crippen molar-refractivity contribution in [2.24, 2.45) is 5.92 Å². The van der Waals surface area contributed by atoms with Gasteiger partial charge in [0, 0.05) is 6.42 Å². The third-order valence-corrected chi connectivity index (χ3v) is 3.33. The number of aromatic amines is 1. The Morgan fingerprint density at radius 1 is 1.27 bits per heavy atom. The SMILES string of the molecule is Cc1cc2nc(CC3CC3)[nH]c2cc1C. The van der Waals surface area contributed by atoms with Crippen LogP contribution in [-0.2, 0) is 6.42 Å². The third kappa shape index (κ3) is 1.65. The van der Waals surface area contributed by atoms with Crippen LogP contribution >= 0.6 is 0 Å². The number of hydrogen-bond donors (Lipinski definition) is 1. The van der Waals surface area contributed by atoms with Crippen LogP contribution in [0.5, 0.6) is 0 Å². The van der Waals surface area contributed by atoms with Crippen LogP contribution < -0.4 is 0 Å². The number of rotatable bonds is 2. The Bertz CT molecular complexity index is 467. The molecule has 1 aliphatic rings. The van der Waals surface area contributed by atoms with Crippen molar-refractivity contribution in [2.45, 2.75) is 33.1 Å². The van der Waals surface area contributed by atoms with Crippen LogP contribution in [0.3, 0.4) is 0 Å². The summed E-state index contributed by atoms with van der Waals surface area (Å²) in [5, 5.41) is 0. The molecule has 1 heterocycles. The predicted octanol–water partition coefficient (Wildman–Crippen LogP) is 3.13. The molecule has 2 heteroatoms. The van der Waals surface area contributed by atoms with Crippen LogP contribution in [0.1, 0.15) is 29.8 Å². The smallest absolute Gasteiger partial charge is 0.107 e. The van der Waals surface area contributed by atoms with Gasteiger partial charge in [0.1, 0.15) is 5.82 Å². The Balaban J connectivity index is 2.04. The number of aromatic nitrogens is 2. The first-order valence-electron chi connectivity index (χ1n) is 5.68. The Labute approximate surface area is 89.7 Å². The van der Waals surface area contributed by atoms with Crippen molar-refractivity contribution < 1.29 is 0 Å². The second-order valence-electron chi connectivity index (χ2n) is 4.78. The van der Waals surface area contributed by atoms with Gasteiger partial charge in [0.2, 0.25) is 0 Å². The molecule has 1 saturated carbocycles. The lowest BCUT2D eigenvalue weighted by molar-refractivity contribution is 0.787.